The summed E-state index contributed by atoms with van der Waals surface area (Å²) in [6, 6.07) is 0. The van der Waals surface area contributed by atoms with Crippen LogP contribution in [0.15, 0.2) is 0 Å². The quantitative estimate of drug-likeness (QED) is 0.406. The summed E-state index contributed by atoms with van der Waals surface area (Å²) in [5.74, 6) is 4.56. The molecular weight excluding hydrogens is 396 g/mol. The van der Waals surface area contributed by atoms with Crippen LogP contribution in [0.4, 0.5) is 0 Å². The monoisotopic (exact) mass is 444 g/mol. The van der Waals surface area contributed by atoms with Crippen molar-refractivity contribution in [2.24, 2.45) is 52.3 Å². The van der Waals surface area contributed by atoms with Crippen molar-refractivity contribution in [2.75, 3.05) is 0 Å². The van der Waals surface area contributed by atoms with Crippen LogP contribution in [-0.4, -0.2) is 17.9 Å². The first-order chi connectivity index (χ1) is 15.1. The van der Waals surface area contributed by atoms with Crippen LogP contribution in [0.2, 0.25) is 0 Å². The minimum atomic E-state index is -0.174. The number of hydrogen-bond acceptors (Lipinski definition) is 3. The van der Waals surface area contributed by atoms with Crippen molar-refractivity contribution >= 4 is 11.8 Å². The molecule has 9 atom stereocenters. The predicted molar refractivity (Wildman–Crippen MR) is 129 cm³/mol. The lowest BCUT2D eigenvalue weighted by Gasteiger charge is -2.60. The van der Waals surface area contributed by atoms with E-state index in [1.807, 2.05) is 0 Å². The number of fused-ring (bicyclic) bond motifs is 5. The topological polar surface area (TPSA) is 43.4 Å². The van der Waals surface area contributed by atoms with E-state index in [2.05, 4.69) is 34.6 Å². The van der Waals surface area contributed by atoms with Gasteiger partial charge in [0.05, 0.1) is 0 Å². The number of rotatable bonds is 6. The molecular formula is C29H48O3. The lowest BCUT2D eigenvalue weighted by atomic mass is 9.44. The Hall–Kier alpha value is -0.860. The number of ketones is 1. The largest absolute Gasteiger partial charge is 0.463 e. The van der Waals surface area contributed by atoms with E-state index in [0.29, 0.717) is 29.0 Å². The van der Waals surface area contributed by atoms with E-state index < -0.39 is 0 Å². The van der Waals surface area contributed by atoms with Gasteiger partial charge in [-0.1, -0.05) is 53.9 Å². The lowest BCUT2D eigenvalue weighted by Crippen LogP contribution is -2.57. The van der Waals surface area contributed by atoms with Gasteiger partial charge in [0, 0.05) is 19.3 Å². The van der Waals surface area contributed by atoms with E-state index in [1.54, 1.807) is 0 Å². The first kappa shape index (κ1) is 24.3. The Kier molecular flexibility index (Phi) is 6.87. The summed E-state index contributed by atoms with van der Waals surface area (Å²) in [6.07, 6.45) is 12.9. The molecule has 0 aromatic heterocycles. The van der Waals surface area contributed by atoms with Gasteiger partial charge in [-0.2, -0.15) is 0 Å². The van der Waals surface area contributed by atoms with Crippen molar-refractivity contribution in [1.82, 2.24) is 0 Å². The van der Waals surface area contributed by atoms with E-state index in [-0.39, 0.29) is 23.4 Å². The molecule has 0 radical (unpaired) electrons. The highest BCUT2D eigenvalue weighted by atomic mass is 16.5. The number of carbonyl (C=O) groups is 2. The van der Waals surface area contributed by atoms with E-state index in [0.717, 1.165) is 43.4 Å². The minimum absolute atomic E-state index is 0.0198. The third kappa shape index (κ3) is 4.20. The van der Waals surface area contributed by atoms with Crippen LogP contribution in [0.1, 0.15) is 112 Å². The molecule has 0 heterocycles. The molecule has 32 heavy (non-hydrogen) atoms. The molecule has 0 bridgehead atoms. The standard InChI is InChI=1S/C29H48O3/c1-18(2)8-7-9-19(3)23-10-11-24-27-25(13-15-29(23,24)6)28(5)14-12-22(32-20(4)30)16-21(28)17-26(27)31/h18-19,21-25,27H,7-17H2,1-6H3/t19-,21?,22?,23-,24+,25+,27+,28+,29-/m1/s1. The number of ether oxygens (including phenoxy) is 1. The summed E-state index contributed by atoms with van der Waals surface area (Å²) in [5.41, 5.74) is 0.601. The average molecular weight is 445 g/mol. The number of esters is 1. The van der Waals surface area contributed by atoms with Gasteiger partial charge in [0.25, 0.3) is 0 Å². The van der Waals surface area contributed by atoms with Crippen molar-refractivity contribution in [1.29, 1.82) is 0 Å². The van der Waals surface area contributed by atoms with Crippen LogP contribution < -0.4 is 0 Å². The summed E-state index contributed by atoms with van der Waals surface area (Å²) in [6.45, 7) is 13.7. The molecule has 0 aromatic carbocycles. The molecule has 0 aromatic rings. The predicted octanol–water partition coefficient (Wildman–Crippen LogP) is 7.22. The van der Waals surface area contributed by atoms with Crippen molar-refractivity contribution in [3.05, 3.63) is 0 Å². The van der Waals surface area contributed by atoms with Crippen LogP contribution in [0.5, 0.6) is 0 Å². The molecule has 0 aliphatic heterocycles. The van der Waals surface area contributed by atoms with E-state index >= 15 is 0 Å². The molecule has 2 unspecified atom stereocenters. The zero-order chi connectivity index (χ0) is 23.3. The lowest BCUT2D eigenvalue weighted by molar-refractivity contribution is -0.168. The third-order valence-electron chi connectivity index (χ3n) is 11.0. The van der Waals surface area contributed by atoms with Crippen LogP contribution in [0.25, 0.3) is 0 Å². The van der Waals surface area contributed by atoms with E-state index in [9.17, 15) is 9.59 Å². The molecule has 0 saturated heterocycles. The summed E-state index contributed by atoms with van der Waals surface area (Å²) in [7, 11) is 0. The fourth-order valence-corrected chi connectivity index (χ4v) is 9.26. The van der Waals surface area contributed by atoms with Gasteiger partial charge < -0.3 is 4.74 Å². The van der Waals surface area contributed by atoms with Crippen molar-refractivity contribution in [2.45, 2.75) is 118 Å². The maximum absolute atomic E-state index is 13.7. The van der Waals surface area contributed by atoms with Gasteiger partial charge in [0.1, 0.15) is 11.9 Å². The first-order valence-corrected chi connectivity index (χ1v) is 13.8. The Labute approximate surface area is 196 Å². The zero-order valence-electron chi connectivity index (χ0n) is 21.6. The number of hydrogen-bond donors (Lipinski definition) is 0. The van der Waals surface area contributed by atoms with Crippen LogP contribution in [-0.2, 0) is 14.3 Å². The van der Waals surface area contributed by atoms with E-state index in [1.165, 1.54) is 51.9 Å². The second kappa shape index (κ2) is 9.06. The summed E-state index contributed by atoms with van der Waals surface area (Å²) in [4.78, 5) is 25.2. The number of carbonyl (C=O) groups excluding carboxylic acids is 2. The van der Waals surface area contributed by atoms with Crippen molar-refractivity contribution in [3.63, 3.8) is 0 Å². The van der Waals surface area contributed by atoms with Gasteiger partial charge in [0.2, 0.25) is 0 Å². The minimum Gasteiger partial charge on any atom is -0.463 e. The van der Waals surface area contributed by atoms with Gasteiger partial charge in [-0.25, -0.2) is 0 Å². The third-order valence-corrected chi connectivity index (χ3v) is 11.0. The molecule has 0 N–H and O–H groups in total. The molecule has 4 fully saturated rings. The Morgan fingerprint density at radius 2 is 1.69 bits per heavy atom. The van der Waals surface area contributed by atoms with Gasteiger partial charge in [-0.3, -0.25) is 9.59 Å². The Morgan fingerprint density at radius 1 is 1.00 bits per heavy atom. The van der Waals surface area contributed by atoms with E-state index in [4.69, 9.17) is 4.74 Å². The molecule has 4 rings (SSSR count). The number of Topliss-reactive ketones (excluding diaryl/α,β-unsaturated/α-hetero) is 1. The highest BCUT2D eigenvalue weighted by Gasteiger charge is 2.63. The fraction of sp³-hybridized carbons (Fsp3) is 0.931. The molecule has 4 aliphatic rings. The van der Waals surface area contributed by atoms with Gasteiger partial charge in [0.15, 0.2) is 0 Å². The second-order valence-corrected chi connectivity index (χ2v) is 13.1. The zero-order valence-corrected chi connectivity index (χ0v) is 21.6. The summed E-state index contributed by atoms with van der Waals surface area (Å²) >= 11 is 0. The van der Waals surface area contributed by atoms with Crippen LogP contribution in [0, 0.1) is 52.3 Å². The van der Waals surface area contributed by atoms with Crippen molar-refractivity contribution in [3.8, 4) is 0 Å². The molecule has 182 valence electrons. The molecule has 0 spiro atoms. The van der Waals surface area contributed by atoms with Crippen LogP contribution >= 0.6 is 0 Å². The molecule has 0 amide bonds. The second-order valence-electron chi connectivity index (χ2n) is 13.1. The van der Waals surface area contributed by atoms with Gasteiger partial charge >= 0.3 is 5.97 Å². The smallest absolute Gasteiger partial charge is 0.302 e. The SMILES string of the molecule is CC(=O)OC1CC[C@@]2(C)C(CC(=O)[C@H]3[C@@H]4CC[C@H]([C@H](C)CCCC(C)C)[C@@]4(C)CC[C@@H]32)C1. The van der Waals surface area contributed by atoms with Gasteiger partial charge in [-0.05, 0) is 91.3 Å². The van der Waals surface area contributed by atoms with Gasteiger partial charge in [-0.15, -0.1) is 0 Å². The fourth-order valence-electron chi connectivity index (χ4n) is 9.26. The first-order valence-electron chi connectivity index (χ1n) is 13.8. The molecule has 4 aliphatic carbocycles. The summed E-state index contributed by atoms with van der Waals surface area (Å²) in [5, 5.41) is 0. The molecule has 3 heteroatoms. The highest BCUT2D eigenvalue weighted by molar-refractivity contribution is 5.83. The van der Waals surface area contributed by atoms with Crippen molar-refractivity contribution < 1.29 is 14.3 Å². The molecule has 4 saturated carbocycles. The Morgan fingerprint density at radius 3 is 2.38 bits per heavy atom. The molecule has 3 nitrogen and oxygen atoms in total. The van der Waals surface area contributed by atoms with Crippen LogP contribution in [0.3, 0.4) is 0 Å². The Balaban J connectivity index is 1.48. The maximum atomic E-state index is 13.7. The Bertz CT molecular complexity index is 713. The summed E-state index contributed by atoms with van der Waals surface area (Å²) < 4.78 is 5.58. The average Bonchev–Trinajstić information content (AvgIpc) is 3.05. The highest BCUT2D eigenvalue weighted by Crippen LogP contribution is 2.67. The maximum Gasteiger partial charge on any atom is 0.302 e. The normalized spacial score (nSPS) is 44.5.